The van der Waals surface area contributed by atoms with Gasteiger partial charge < -0.3 is 9.15 Å². The summed E-state index contributed by atoms with van der Waals surface area (Å²) < 4.78 is 32.8. The molecule has 5 nitrogen and oxygen atoms in total. The third-order valence-corrected chi connectivity index (χ3v) is 5.37. The summed E-state index contributed by atoms with van der Waals surface area (Å²) in [7, 11) is 1.26. The maximum absolute atomic E-state index is 11.9. The Hall–Kier alpha value is -0.530. The number of hydrogen-bond acceptors (Lipinski definition) is 5. The second kappa shape index (κ2) is 6.49. The zero-order chi connectivity index (χ0) is 14.8. The summed E-state index contributed by atoms with van der Waals surface area (Å²) in [5.74, 6) is -0.829. The molecular weight excluding hydrogens is 372 g/mol. The van der Waals surface area contributed by atoms with Crippen LogP contribution >= 0.6 is 26.6 Å². The van der Waals surface area contributed by atoms with Crippen LogP contribution in [0.3, 0.4) is 0 Å². The number of ether oxygens (including phenoxy) is 1. The van der Waals surface area contributed by atoms with E-state index in [9.17, 15) is 13.2 Å². The van der Waals surface area contributed by atoms with E-state index in [1.54, 1.807) is 0 Å². The third-order valence-electron chi connectivity index (χ3n) is 3.20. The molecule has 0 aliphatic heterocycles. The minimum atomic E-state index is -3.96. The van der Waals surface area contributed by atoms with E-state index < -0.39 is 15.0 Å². The molecule has 0 amide bonds. The van der Waals surface area contributed by atoms with E-state index in [4.69, 9.17) is 19.8 Å². The molecule has 112 valence electrons. The maximum atomic E-state index is 11.9. The zero-order valence-corrected chi connectivity index (χ0v) is 13.8. The average Bonchev–Trinajstić information content (AvgIpc) is 2.58. The van der Waals surface area contributed by atoms with Gasteiger partial charge in [-0.05, 0) is 41.6 Å². The van der Waals surface area contributed by atoms with Crippen molar-refractivity contribution in [1.82, 2.24) is 0 Å². The topological polar surface area (TPSA) is 73.6 Å². The van der Waals surface area contributed by atoms with Crippen molar-refractivity contribution in [2.24, 2.45) is 0 Å². The van der Waals surface area contributed by atoms with Crippen molar-refractivity contribution in [3.8, 4) is 0 Å². The van der Waals surface area contributed by atoms with Crippen LogP contribution in [-0.4, -0.2) is 20.5 Å². The molecule has 0 atom stereocenters. The van der Waals surface area contributed by atoms with Gasteiger partial charge in [-0.25, -0.2) is 13.2 Å². The van der Waals surface area contributed by atoms with Crippen LogP contribution in [0.15, 0.2) is 20.0 Å². The number of carbonyl (C=O) groups is 1. The molecule has 8 heteroatoms. The van der Waals surface area contributed by atoms with Gasteiger partial charge in [0, 0.05) is 16.7 Å². The van der Waals surface area contributed by atoms with Crippen LogP contribution in [0, 0.1) is 0 Å². The van der Waals surface area contributed by atoms with Crippen molar-refractivity contribution < 1.29 is 22.4 Å². The Morgan fingerprint density at radius 1 is 1.30 bits per heavy atom. The minimum Gasteiger partial charge on any atom is -0.457 e. The van der Waals surface area contributed by atoms with Gasteiger partial charge in [0.05, 0.1) is 0 Å². The molecule has 0 radical (unpaired) electrons. The van der Waals surface area contributed by atoms with Gasteiger partial charge in [-0.2, -0.15) is 0 Å². The lowest BCUT2D eigenvalue weighted by molar-refractivity contribution is 0.0230. The molecule has 0 saturated heterocycles. The van der Waals surface area contributed by atoms with Crippen molar-refractivity contribution >= 4 is 41.6 Å². The van der Waals surface area contributed by atoms with E-state index in [0.29, 0.717) is 0 Å². The lowest BCUT2D eigenvalue weighted by Gasteiger charge is -2.14. The number of hydrogen-bond donors (Lipinski definition) is 0. The van der Waals surface area contributed by atoms with Gasteiger partial charge in [0.25, 0.3) is 9.05 Å². The number of esters is 1. The first-order valence-electron chi connectivity index (χ1n) is 6.33. The molecule has 1 heterocycles. The first kappa shape index (κ1) is 15.9. The van der Waals surface area contributed by atoms with Gasteiger partial charge in [-0.1, -0.05) is 12.8 Å². The molecule has 1 fully saturated rings. The Bertz CT molecular complexity index is 587. The van der Waals surface area contributed by atoms with Gasteiger partial charge in [-0.3, -0.25) is 0 Å². The van der Waals surface area contributed by atoms with Gasteiger partial charge in [0.2, 0.25) is 5.76 Å². The molecule has 1 aliphatic rings. The normalized spacial score (nSPS) is 17.7. The third kappa shape index (κ3) is 3.99. The average molecular weight is 386 g/mol. The quantitative estimate of drug-likeness (QED) is 0.449. The van der Waals surface area contributed by atoms with Gasteiger partial charge >= 0.3 is 5.97 Å². The monoisotopic (exact) mass is 384 g/mol. The van der Waals surface area contributed by atoms with E-state index in [-0.39, 0.29) is 21.4 Å². The number of furan rings is 1. The van der Waals surface area contributed by atoms with Crippen molar-refractivity contribution in [3.05, 3.63) is 16.5 Å². The fraction of sp³-hybridized carbons (Fsp3) is 0.583. The van der Waals surface area contributed by atoms with Crippen LogP contribution in [-0.2, 0) is 13.8 Å². The van der Waals surface area contributed by atoms with E-state index in [1.165, 1.54) is 0 Å². The summed E-state index contributed by atoms with van der Waals surface area (Å²) in [6, 6.07) is 1.07. The number of carbonyl (C=O) groups excluding carboxylic acids is 1. The Labute approximate surface area is 130 Å². The van der Waals surface area contributed by atoms with Crippen LogP contribution in [0.1, 0.15) is 49.1 Å². The summed E-state index contributed by atoms with van der Waals surface area (Å²) in [4.78, 5) is 11.7. The maximum Gasteiger partial charge on any atom is 0.374 e. The Morgan fingerprint density at radius 3 is 2.40 bits per heavy atom. The summed E-state index contributed by atoms with van der Waals surface area (Å²) in [6.45, 7) is 0. The predicted octanol–water partition coefficient (Wildman–Crippen LogP) is 3.85. The molecule has 1 aromatic heterocycles. The highest BCUT2D eigenvalue weighted by atomic mass is 79.9. The van der Waals surface area contributed by atoms with Crippen LogP contribution in [0.25, 0.3) is 0 Å². The highest BCUT2D eigenvalue weighted by Crippen LogP contribution is 2.30. The Balaban J connectivity index is 2.09. The van der Waals surface area contributed by atoms with Crippen molar-refractivity contribution in [2.75, 3.05) is 0 Å². The molecule has 0 N–H and O–H groups in total. The number of halogens is 2. The largest absolute Gasteiger partial charge is 0.457 e. The highest BCUT2D eigenvalue weighted by Gasteiger charge is 2.26. The second-order valence-corrected chi connectivity index (χ2v) is 7.96. The Kier molecular flexibility index (Phi) is 5.14. The van der Waals surface area contributed by atoms with Crippen LogP contribution < -0.4 is 0 Å². The first-order valence-corrected chi connectivity index (χ1v) is 9.43. The van der Waals surface area contributed by atoms with Crippen LogP contribution in [0.5, 0.6) is 0 Å². The van der Waals surface area contributed by atoms with Gasteiger partial charge in [0.1, 0.15) is 11.0 Å². The molecule has 1 saturated carbocycles. The van der Waals surface area contributed by atoms with E-state index in [1.807, 2.05) is 0 Å². The van der Waals surface area contributed by atoms with Crippen LogP contribution in [0.2, 0.25) is 0 Å². The fourth-order valence-corrected chi connectivity index (χ4v) is 4.22. The predicted molar refractivity (Wildman–Crippen MR) is 76.4 cm³/mol. The smallest absolute Gasteiger partial charge is 0.374 e. The molecule has 0 aromatic carbocycles. The lowest BCUT2D eigenvalue weighted by Crippen LogP contribution is -2.17. The summed E-state index contributed by atoms with van der Waals surface area (Å²) in [5.41, 5.74) is 0. The van der Waals surface area contributed by atoms with E-state index in [2.05, 4.69) is 15.9 Å². The SMILES string of the molecule is O=C(OC1CCCCCC1)c1cc(S(=O)(=O)Cl)c(Br)o1. The second-order valence-electron chi connectivity index (χ2n) is 4.71. The van der Waals surface area contributed by atoms with E-state index >= 15 is 0 Å². The number of rotatable bonds is 3. The molecule has 20 heavy (non-hydrogen) atoms. The summed E-state index contributed by atoms with van der Waals surface area (Å²) >= 11 is 2.92. The molecule has 1 aliphatic carbocycles. The van der Waals surface area contributed by atoms with E-state index in [0.717, 1.165) is 44.6 Å². The summed E-state index contributed by atoms with van der Waals surface area (Å²) in [6.07, 6.45) is 5.87. The zero-order valence-electron chi connectivity index (χ0n) is 10.6. The van der Waals surface area contributed by atoms with Gasteiger partial charge in [0.15, 0.2) is 4.67 Å². The fourth-order valence-electron chi connectivity index (χ4n) is 2.19. The van der Waals surface area contributed by atoms with Gasteiger partial charge in [-0.15, -0.1) is 0 Å². The Morgan fingerprint density at radius 2 is 1.90 bits per heavy atom. The van der Waals surface area contributed by atoms with Crippen molar-refractivity contribution in [1.29, 1.82) is 0 Å². The molecule has 0 spiro atoms. The molecule has 2 rings (SSSR count). The first-order chi connectivity index (χ1) is 9.38. The van der Waals surface area contributed by atoms with Crippen molar-refractivity contribution in [3.63, 3.8) is 0 Å². The molecular formula is C12H14BrClO5S. The molecule has 0 unspecified atom stereocenters. The standard InChI is InChI=1S/C12H14BrClO5S/c13-11-10(20(14,16)17)7-9(19-11)12(15)18-8-5-3-1-2-4-6-8/h7-8H,1-6H2. The summed E-state index contributed by atoms with van der Waals surface area (Å²) in [5, 5.41) is 0. The van der Waals surface area contributed by atoms with Crippen molar-refractivity contribution in [2.45, 2.75) is 49.5 Å². The minimum absolute atomic E-state index is 0.0969. The molecule has 0 bridgehead atoms. The lowest BCUT2D eigenvalue weighted by atomic mass is 10.1. The molecule has 1 aromatic rings. The van der Waals surface area contributed by atoms with Crippen LogP contribution in [0.4, 0.5) is 0 Å². The highest BCUT2D eigenvalue weighted by molar-refractivity contribution is 9.10.